The first-order chi connectivity index (χ1) is 11.0. The molecule has 2 rings (SSSR count). The van der Waals surface area contributed by atoms with Crippen molar-refractivity contribution in [1.82, 2.24) is 0 Å². The summed E-state index contributed by atoms with van der Waals surface area (Å²) in [7, 11) is 1.57. The monoisotopic (exact) mass is 332 g/mol. The van der Waals surface area contributed by atoms with Gasteiger partial charge in [-0.25, -0.2) is 0 Å². The minimum Gasteiger partial charge on any atom is -0.394 e. The molecular weight excluding hydrogens is 300 g/mol. The Morgan fingerprint density at radius 1 is 1.13 bits per heavy atom. The molecule has 0 aromatic heterocycles. The van der Waals surface area contributed by atoms with E-state index in [1.54, 1.807) is 7.11 Å². The molecule has 0 aliphatic carbocycles. The third-order valence-electron chi connectivity index (χ3n) is 4.56. The van der Waals surface area contributed by atoms with Crippen LogP contribution in [0, 0.1) is 0 Å². The standard InChI is InChI=1S/C17H32O6/c1-5-6-7-8-9-10-20-14-13(11-18)22-17(19-4)12-21-16(2,3)23-15(14)17/h13-15,18H,5-12H2,1-4H3/t13-,14-,15+,17+/m1/s1. The van der Waals surface area contributed by atoms with Gasteiger partial charge >= 0.3 is 0 Å². The number of methoxy groups -OCH3 is 1. The van der Waals surface area contributed by atoms with Gasteiger partial charge in [0.2, 0.25) is 5.79 Å². The van der Waals surface area contributed by atoms with Gasteiger partial charge in [0.25, 0.3) is 0 Å². The zero-order valence-electron chi connectivity index (χ0n) is 14.9. The van der Waals surface area contributed by atoms with E-state index in [0.29, 0.717) is 6.61 Å². The Morgan fingerprint density at radius 2 is 1.87 bits per heavy atom. The molecule has 2 aliphatic rings. The average molecular weight is 332 g/mol. The van der Waals surface area contributed by atoms with Crippen LogP contribution < -0.4 is 0 Å². The van der Waals surface area contributed by atoms with Gasteiger partial charge in [-0.2, -0.15) is 0 Å². The molecule has 2 heterocycles. The minimum atomic E-state index is -1.00. The van der Waals surface area contributed by atoms with E-state index in [1.165, 1.54) is 19.3 Å². The van der Waals surface area contributed by atoms with Crippen molar-refractivity contribution in [2.45, 2.75) is 82.8 Å². The van der Waals surface area contributed by atoms with Crippen LogP contribution in [0.25, 0.3) is 0 Å². The van der Waals surface area contributed by atoms with Crippen LogP contribution in [-0.4, -0.2) is 61.9 Å². The van der Waals surface area contributed by atoms with Crippen LogP contribution in [0.1, 0.15) is 52.9 Å². The molecule has 2 aliphatic heterocycles. The quantitative estimate of drug-likeness (QED) is 0.653. The number of aliphatic hydroxyl groups is 1. The third kappa shape index (κ3) is 4.44. The normalized spacial score (nSPS) is 36.1. The second-order valence-corrected chi connectivity index (χ2v) is 6.83. The van der Waals surface area contributed by atoms with Gasteiger partial charge in [-0.1, -0.05) is 32.6 Å². The Labute approximate surface area is 139 Å². The second-order valence-electron chi connectivity index (χ2n) is 6.83. The molecule has 136 valence electrons. The van der Waals surface area contributed by atoms with E-state index < -0.39 is 23.8 Å². The van der Waals surface area contributed by atoms with Gasteiger partial charge in [0.05, 0.1) is 6.61 Å². The van der Waals surface area contributed by atoms with Gasteiger partial charge < -0.3 is 28.8 Å². The van der Waals surface area contributed by atoms with Crippen molar-refractivity contribution in [1.29, 1.82) is 0 Å². The van der Waals surface area contributed by atoms with Crippen LogP contribution in [0.15, 0.2) is 0 Å². The summed E-state index contributed by atoms with van der Waals surface area (Å²) in [5, 5.41) is 9.64. The average Bonchev–Trinajstić information content (AvgIpc) is 2.83. The van der Waals surface area contributed by atoms with Crippen molar-refractivity contribution in [2.75, 3.05) is 26.9 Å². The van der Waals surface area contributed by atoms with Crippen LogP contribution in [0.3, 0.4) is 0 Å². The molecule has 0 bridgehead atoms. The van der Waals surface area contributed by atoms with E-state index in [4.69, 9.17) is 23.7 Å². The van der Waals surface area contributed by atoms with E-state index >= 15 is 0 Å². The molecule has 0 saturated carbocycles. The Bertz CT molecular complexity index is 361. The number of ether oxygens (including phenoxy) is 5. The highest BCUT2D eigenvalue weighted by atomic mass is 16.8. The van der Waals surface area contributed by atoms with Gasteiger partial charge in [-0.05, 0) is 20.3 Å². The summed E-state index contributed by atoms with van der Waals surface area (Å²) < 4.78 is 29.2. The van der Waals surface area contributed by atoms with Crippen molar-refractivity contribution >= 4 is 0 Å². The van der Waals surface area contributed by atoms with Crippen molar-refractivity contribution < 1.29 is 28.8 Å². The predicted molar refractivity (Wildman–Crippen MR) is 85.1 cm³/mol. The summed E-state index contributed by atoms with van der Waals surface area (Å²) in [6.45, 7) is 6.68. The number of fused-ring (bicyclic) bond motifs is 1. The number of rotatable bonds is 9. The first-order valence-electron chi connectivity index (χ1n) is 8.75. The lowest BCUT2D eigenvalue weighted by Crippen LogP contribution is -2.59. The fourth-order valence-electron chi connectivity index (χ4n) is 3.21. The second kappa shape index (κ2) is 8.23. The largest absolute Gasteiger partial charge is 0.394 e. The SMILES string of the molecule is CCCCCCCO[C@@H]1[C@@H](CO)O[C@@]2(OC)COC(C)(C)O[C@@H]12. The van der Waals surface area contributed by atoms with E-state index in [9.17, 15) is 5.11 Å². The van der Waals surface area contributed by atoms with Crippen molar-refractivity contribution in [2.24, 2.45) is 0 Å². The van der Waals surface area contributed by atoms with Gasteiger partial charge in [0.15, 0.2) is 5.79 Å². The molecule has 0 radical (unpaired) electrons. The lowest BCUT2D eigenvalue weighted by molar-refractivity contribution is -0.385. The van der Waals surface area contributed by atoms with Crippen molar-refractivity contribution in [3.05, 3.63) is 0 Å². The molecule has 4 atom stereocenters. The van der Waals surface area contributed by atoms with E-state index in [1.807, 2.05) is 13.8 Å². The van der Waals surface area contributed by atoms with Crippen LogP contribution in [-0.2, 0) is 23.7 Å². The smallest absolute Gasteiger partial charge is 0.222 e. The van der Waals surface area contributed by atoms with E-state index in [2.05, 4.69) is 6.92 Å². The van der Waals surface area contributed by atoms with Crippen molar-refractivity contribution in [3.8, 4) is 0 Å². The molecule has 0 spiro atoms. The molecule has 2 saturated heterocycles. The molecule has 0 aromatic rings. The Kier molecular flexibility index (Phi) is 6.83. The van der Waals surface area contributed by atoms with E-state index in [0.717, 1.165) is 12.8 Å². The van der Waals surface area contributed by atoms with E-state index in [-0.39, 0.29) is 19.3 Å². The maximum atomic E-state index is 9.64. The van der Waals surface area contributed by atoms with Gasteiger partial charge in [-0.3, -0.25) is 0 Å². The number of unbranched alkanes of at least 4 members (excludes halogenated alkanes) is 4. The van der Waals surface area contributed by atoms with Crippen molar-refractivity contribution in [3.63, 3.8) is 0 Å². The lowest BCUT2D eigenvalue weighted by atomic mass is 10.0. The van der Waals surface area contributed by atoms with Gasteiger partial charge in [-0.15, -0.1) is 0 Å². The first-order valence-corrected chi connectivity index (χ1v) is 8.75. The fraction of sp³-hybridized carbons (Fsp3) is 1.00. The topological polar surface area (TPSA) is 66.4 Å². The molecule has 6 heteroatoms. The predicted octanol–water partition coefficient (Wildman–Crippen LogP) is 2.23. The molecule has 6 nitrogen and oxygen atoms in total. The highest BCUT2D eigenvalue weighted by Gasteiger charge is 2.61. The summed E-state index contributed by atoms with van der Waals surface area (Å²) in [6.07, 6.45) is 4.64. The highest BCUT2D eigenvalue weighted by molar-refractivity contribution is 5.01. The van der Waals surface area contributed by atoms with Gasteiger partial charge in [0.1, 0.15) is 24.9 Å². The number of hydrogen-bond acceptors (Lipinski definition) is 6. The minimum absolute atomic E-state index is 0.133. The molecule has 1 N–H and O–H groups in total. The molecule has 0 amide bonds. The zero-order chi connectivity index (χ0) is 16.9. The molecule has 0 aromatic carbocycles. The van der Waals surface area contributed by atoms with Crippen LogP contribution in [0.5, 0.6) is 0 Å². The summed E-state index contributed by atoms with van der Waals surface area (Å²) in [6, 6.07) is 0. The Balaban J connectivity index is 1.95. The maximum absolute atomic E-state index is 9.64. The lowest BCUT2D eigenvalue weighted by Gasteiger charge is -2.44. The number of hydrogen-bond donors (Lipinski definition) is 1. The highest BCUT2D eigenvalue weighted by Crippen LogP contribution is 2.42. The Hall–Kier alpha value is -0.240. The first kappa shape index (κ1) is 19.1. The van der Waals surface area contributed by atoms with Gasteiger partial charge in [0, 0.05) is 13.7 Å². The van der Waals surface area contributed by atoms with Crippen LogP contribution in [0.2, 0.25) is 0 Å². The molecule has 2 fully saturated rings. The molecule has 23 heavy (non-hydrogen) atoms. The zero-order valence-corrected chi connectivity index (χ0v) is 14.9. The third-order valence-corrected chi connectivity index (χ3v) is 4.56. The summed E-state index contributed by atoms with van der Waals surface area (Å²) >= 11 is 0. The fourth-order valence-corrected chi connectivity index (χ4v) is 3.21. The summed E-state index contributed by atoms with van der Waals surface area (Å²) in [5.74, 6) is -1.72. The molecular formula is C17H32O6. The summed E-state index contributed by atoms with van der Waals surface area (Å²) in [4.78, 5) is 0. The summed E-state index contributed by atoms with van der Waals surface area (Å²) in [5.41, 5.74) is 0. The van der Waals surface area contributed by atoms with Crippen LogP contribution >= 0.6 is 0 Å². The Morgan fingerprint density at radius 3 is 2.52 bits per heavy atom. The molecule has 0 unspecified atom stereocenters. The van der Waals surface area contributed by atoms with Crippen LogP contribution in [0.4, 0.5) is 0 Å². The number of aliphatic hydroxyl groups excluding tert-OH is 1. The maximum Gasteiger partial charge on any atom is 0.222 e.